The van der Waals surface area contributed by atoms with Crippen molar-refractivity contribution in [3.05, 3.63) is 0 Å². The summed E-state index contributed by atoms with van der Waals surface area (Å²) in [7, 11) is 1.39. The van der Waals surface area contributed by atoms with Gasteiger partial charge in [0.05, 0.1) is 20.3 Å². The minimum absolute atomic E-state index is 0.00256. The van der Waals surface area contributed by atoms with Crippen LogP contribution in [0.2, 0.25) is 0 Å². The fourth-order valence-electron chi connectivity index (χ4n) is 3.23. The summed E-state index contributed by atoms with van der Waals surface area (Å²) in [4.78, 5) is 22.5. The number of carbonyl (C=O) groups is 2. The van der Waals surface area contributed by atoms with Crippen LogP contribution in [-0.2, 0) is 23.8 Å². The summed E-state index contributed by atoms with van der Waals surface area (Å²) >= 11 is 0. The third-order valence-corrected chi connectivity index (χ3v) is 4.42. The molecule has 0 radical (unpaired) electrons. The van der Waals surface area contributed by atoms with Gasteiger partial charge in [0.1, 0.15) is 6.29 Å². The van der Waals surface area contributed by atoms with E-state index in [4.69, 9.17) is 14.2 Å². The molecule has 0 aromatic carbocycles. The maximum Gasteiger partial charge on any atom is 0.305 e. The summed E-state index contributed by atoms with van der Waals surface area (Å²) in [6.45, 7) is 5.42. The van der Waals surface area contributed by atoms with Crippen LogP contribution in [0.15, 0.2) is 0 Å². The molecular weight excluding hydrogens is 260 g/mol. The number of aldehydes is 1. The molecular formula is C15H24O5. The Morgan fingerprint density at radius 3 is 2.55 bits per heavy atom. The molecule has 0 amide bonds. The van der Waals surface area contributed by atoms with Crippen molar-refractivity contribution in [3.8, 4) is 0 Å². The summed E-state index contributed by atoms with van der Waals surface area (Å²) in [5.74, 6) is -0.891. The number of rotatable bonds is 4. The van der Waals surface area contributed by atoms with Crippen LogP contribution in [-0.4, -0.2) is 38.4 Å². The molecule has 1 saturated heterocycles. The molecule has 5 heteroatoms. The second kappa shape index (κ2) is 5.82. The second-order valence-electron chi connectivity index (χ2n) is 6.64. The van der Waals surface area contributed by atoms with Crippen molar-refractivity contribution in [2.75, 3.05) is 20.3 Å². The lowest BCUT2D eigenvalue weighted by atomic mass is 9.86. The Hall–Kier alpha value is -0.940. The topological polar surface area (TPSA) is 61.8 Å². The van der Waals surface area contributed by atoms with Gasteiger partial charge in [0, 0.05) is 30.6 Å². The van der Waals surface area contributed by atoms with Crippen LogP contribution in [0.4, 0.5) is 0 Å². The minimum Gasteiger partial charge on any atom is -0.469 e. The predicted octanol–water partition coefficient (Wildman–Crippen LogP) is 1.93. The van der Waals surface area contributed by atoms with Gasteiger partial charge in [0.15, 0.2) is 5.79 Å². The van der Waals surface area contributed by atoms with E-state index >= 15 is 0 Å². The smallest absolute Gasteiger partial charge is 0.305 e. The molecule has 20 heavy (non-hydrogen) atoms. The Kier molecular flexibility index (Phi) is 4.49. The number of methoxy groups -OCH3 is 1. The van der Waals surface area contributed by atoms with Crippen LogP contribution in [0.25, 0.3) is 0 Å². The predicted molar refractivity (Wildman–Crippen MR) is 71.9 cm³/mol. The highest BCUT2D eigenvalue weighted by molar-refractivity contribution is 5.69. The third-order valence-electron chi connectivity index (χ3n) is 4.42. The largest absolute Gasteiger partial charge is 0.469 e. The maximum atomic E-state index is 11.5. The van der Waals surface area contributed by atoms with Crippen LogP contribution >= 0.6 is 0 Å². The van der Waals surface area contributed by atoms with Crippen molar-refractivity contribution in [3.63, 3.8) is 0 Å². The van der Waals surface area contributed by atoms with Gasteiger partial charge in [0.25, 0.3) is 0 Å². The van der Waals surface area contributed by atoms with E-state index in [1.165, 1.54) is 7.11 Å². The fourth-order valence-corrected chi connectivity index (χ4v) is 3.23. The molecule has 1 aliphatic heterocycles. The molecule has 2 aliphatic rings. The van der Waals surface area contributed by atoms with Gasteiger partial charge in [0.2, 0.25) is 0 Å². The molecule has 1 aliphatic carbocycles. The van der Waals surface area contributed by atoms with Gasteiger partial charge in [-0.2, -0.15) is 0 Å². The van der Waals surface area contributed by atoms with Crippen molar-refractivity contribution >= 4 is 12.3 Å². The summed E-state index contributed by atoms with van der Waals surface area (Å²) in [6.07, 6.45) is 3.15. The standard InChI is InChI=1S/C15H24O5/c1-14(2)9-19-15(20-10-14)6-4-11(8-13(17)18-3)12(15)5-7-16/h7,11-12H,4-6,8-10H2,1-3H3. The Balaban J connectivity index is 2.09. The van der Waals surface area contributed by atoms with Gasteiger partial charge in [-0.1, -0.05) is 13.8 Å². The van der Waals surface area contributed by atoms with Crippen molar-refractivity contribution < 1.29 is 23.8 Å². The molecule has 0 N–H and O–H groups in total. The number of ether oxygens (including phenoxy) is 3. The highest BCUT2D eigenvalue weighted by atomic mass is 16.7. The first-order chi connectivity index (χ1) is 9.42. The van der Waals surface area contributed by atoms with Crippen molar-refractivity contribution in [2.45, 2.75) is 45.3 Å². The highest BCUT2D eigenvalue weighted by Crippen LogP contribution is 2.49. The molecule has 114 valence electrons. The van der Waals surface area contributed by atoms with Crippen molar-refractivity contribution in [2.24, 2.45) is 17.3 Å². The second-order valence-corrected chi connectivity index (χ2v) is 6.64. The van der Waals surface area contributed by atoms with Crippen LogP contribution in [0.1, 0.15) is 39.5 Å². The molecule has 0 aromatic rings. The third kappa shape index (κ3) is 3.04. The van der Waals surface area contributed by atoms with Gasteiger partial charge in [-0.15, -0.1) is 0 Å². The summed E-state index contributed by atoms with van der Waals surface area (Å²) in [6, 6.07) is 0. The Morgan fingerprint density at radius 2 is 2.00 bits per heavy atom. The van der Waals surface area contributed by atoms with Crippen LogP contribution < -0.4 is 0 Å². The van der Waals surface area contributed by atoms with E-state index in [2.05, 4.69) is 13.8 Å². The lowest BCUT2D eigenvalue weighted by Gasteiger charge is -2.45. The van der Waals surface area contributed by atoms with Crippen LogP contribution in [0.3, 0.4) is 0 Å². The summed E-state index contributed by atoms with van der Waals surface area (Å²) < 4.78 is 16.8. The summed E-state index contributed by atoms with van der Waals surface area (Å²) in [5.41, 5.74) is -0.00256. The molecule has 0 bridgehead atoms. The average Bonchev–Trinajstić information content (AvgIpc) is 2.73. The molecule has 1 heterocycles. The van der Waals surface area contributed by atoms with Gasteiger partial charge in [-0.05, 0) is 12.3 Å². The zero-order valence-electron chi connectivity index (χ0n) is 12.5. The molecule has 0 aromatic heterocycles. The zero-order chi connectivity index (χ0) is 14.8. The molecule has 2 atom stereocenters. The Morgan fingerprint density at radius 1 is 1.35 bits per heavy atom. The number of esters is 1. The quantitative estimate of drug-likeness (QED) is 0.583. The number of carbonyl (C=O) groups excluding carboxylic acids is 2. The first-order valence-corrected chi connectivity index (χ1v) is 7.21. The SMILES string of the molecule is COC(=O)CC1CCC2(OCC(C)(C)CO2)C1CC=O. The lowest BCUT2D eigenvalue weighted by Crippen LogP contribution is -2.50. The molecule has 2 fully saturated rings. The molecule has 2 unspecified atom stereocenters. The zero-order valence-corrected chi connectivity index (χ0v) is 12.5. The van der Waals surface area contributed by atoms with Gasteiger partial charge < -0.3 is 19.0 Å². The molecule has 1 spiro atoms. The molecule has 5 nitrogen and oxygen atoms in total. The normalized spacial score (nSPS) is 31.1. The average molecular weight is 284 g/mol. The number of hydrogen-bond acceptors (Lipinski definition) is 5. The lowest BCUT2D eigenvalue weighted by molar-refractivity contribution is -0.316. The van der Waals surface area contributed by atoms with E-state index in [9.17, 15) is 9.59 Å². The van der Waals surface area contributed by atoms with Gasteiger partial charge in [-0.3, -0.25) is 4.79 Å². The van der Waals surface area contributed by atoms with E-state index in [-0.39, 0.29) is 23.2 Å². The van der Waals surface area contributed by atoms with E-state index in [0.29, 0.717) is 26.1 Å². The van der Waals surface area contributed by atoms with E-state index in [1.807, 2.05) is 0 Å². The van der Waals surface area contributed by atoms with E-state index in [1.54, 1.807) is 0 Å². The van der Waals surface area contributed by atoms with Crippen LogP contribution in [0.5, 0.6) is 0 Å². The van der Waals surface area contributed by atoms with Gasteiger partial charge in [-0.25, -0.2) is 0 Å². The van der Waals surface area contributed by atoms with Crippen LogP contribution in [0, 0.1) is 17.3 Å². The molecule has 2 rings (SSSR count). The molecule has 1 saturated carbocycles. The van der Waals surface area contributed by atoms with E-state index < -0.39 is 5.79 Å². The summed E-state index contributed by atoms with van der Waals surface area (Å²) in [5, 5.41) is 0. The fraction of sp³-hybridized carbons (Fsp3) is 0.867. The first-order valence-electron chi connectivity index (χ1n) is 7.21. The Labute approximate surface area is 120 Å². The van der Waals surface area contributed by atoms with Crippen molar-refractivity contribution in [1.29, 1.82) is 0 Å². The maximum absolute atomic E-state index is 11.5. The van der Waals surface area contributed by atoms with Crippen molar-refractivity contribution in [1.82, 2.24) is 0 Å². The van der Waals surface area contributed by atoms with E-state index in [0.717, 1.165) is 19.1 Å². The highest BCUT2D eigenvalue weighted by Gasteiger charge is 2.53. The Bertz CT molecular complexity index is 366. The monoisotopic (exact) mass is 284 g/mol. The van der Waals surface area contributed by atoms with Gasteiger partial charge >= 0.3 is 5.97 Å². The first kappa shape index (κ1) is 15.4. The minimum atomic E-state index is -0.685. The number of hydrogen-bond donors (Lipinski definition) is 0.